The molecule has 0 bridgehead atoms. The second-order valence-corrected chi connectivity index (χ2v) is 6.98. The van der Waals surface area contributed by atoms with Crippen LogP contribution in [0.25, 0.3) is 11.3 Å². The van der Waals surface area contributed by atoms with Gasteiger partial charge in [-0.2, -0.15) is 5.10 Å². The summed E-state index contributed by atoms with van der Waals surface area (Å²) < 4.78 is 5.35. The number of ketones is 1. The van der Waals surface area contributed by atoms with Gasteiger partial charge in [-0.25, -0.2) is 0 Å². The lowest BCUT2D eigenvalue weighted by atomic mass is 10.00. The number of carbonyl (C=O) groups excluding carboxylic acids is 1. The number of nitrogens with one attached hydrogen (secondary N) is 1. The first-order chi connectivity index (χ1) is 13.1. The Morgan fingerprint density at radius 3 is 2.89 bits per heavy atom. The van der Waals surface area contributed by atoms with Crippen molar-refractivity contribution in [2.24, 2.45) is 0 Å². The van der Waals surface area contributed by atoms with Gasteiger partial charge < -0.3 is 4.74 Å². The van der Waals surface area contributed by atoms with Crippen LogP contribution in [0.2, 0.25) is 0 Å². The molecule has 2 aromatic carbocycles. The molecule has 0 radical (unpaired) electrons. The standard InChI is InChI=1S/C22H23N3O2/c1-15(26)17-6-3-5-16(11-17)13-25-10-9-21-20(14-25)22(24-23-21)18-7-4-8-19(12-18)27-2/h3-8,11-12H,9-10,13-14H2,1-2H3,(H,23,24). The SMILES string of the molecule is COc1cccc(-c2n[nH]c3c2CN(Cc2cccc(C(C)=O)c2)CC3)c1. The average molecular weight is 361 g/mol. The van der Waals surface area contributed by atoms with Crippen LogP contribution in [0, 0.1) is 0 Å². The molecular weight excluding hydrogens is 338 g/mol. The van der Waals surface area contributed by atoms with E-state index in [1.807, 2.05) is 36.4 Å². The fraction of sp³-hybridized carbons (Fsp3) is 0.273. The van der Waals surface area contributed by atoms with Crippen LogP contribution < -0.4 is 4.74 Å². The highest BCUT2D eigenvalue weighted by molar-refractivity contribution is 5.94. The van der Waals surface area contributed by atoms with E-state index < -0.39 is 0 Å². The number of hydrogen-bond acceptors (Lipinski definition) is 4. The van der Waals surface area contributed by atoms with Crippen molar-refractivity contribution in [1.82, 2.24) is 15.1 Å². The lowest BCUT2D eigenvalue weighted by Gasteiger charge is -2.27. The van der Waals surface area contributed by atoms with E-state index in [0.29, 0.717) is 0 Å². The third-order valence-corrected chi connectivity index (χ3v) is 5.10. The number of fused-ring (bicyclic) bond motifs is 1. The molecule has 4 rings (SSSR count). The van der Waals surface area contributed by atoms with Crippen LogP contribution in [0.4, 0.5) is 0 Å². The molecule has 27 heavy (non-hydrogen) atoms. The van der Waals surface area contributed by atoms with Crippen molar-refractivity contribution in [3.05, 3.63) is 70.9 Å². The maximum Gasteiger partial charge on any atom is 0.159 e. The molecule has 0 spiro atoms. The Bertz CT molecular complexity index is 977. The highest BCUT2D eigenvalue weighted by Crippen LogP contribution is 2.30. The number of benzene rings is 2. The van der Waals surface area contributed by atoms with Crippen molar-refractivity contribution in [2.45, 2.75) is 26.4 Å². The minimum atomic E-state index is 0.105. The molecule has 1 aliphatic rings. The molecule has 0 atom stereocenters. The van der Waals surface area contributed by atoms with Crippen molar-refractivity contribution in [3.8, 4) is 17.0 Å². The Hall–Kier alpha value is -2.92. The van der Waals surface area contributed by atoms with E-state index in [9.17, 15) is 4.79 Å². The van der Waals surface area contributed by atoms with Gasteiger partial charge >= 0.3 is 0 Å². The third kappa shape index (κ3) is 3.64. The molecule has 0 saturated heterocycles. The zero-order chi connectivity index (χ0) is 18.8. The molecule has 1 aliphatic heterocycles. The number of H-pyrrole nitrogens is 1. The number of hydrogen-bond donors (Lipinski definition) is 1. The molecule has 2 heterocycles. The van der Waals surface area contributed by atoms with E-state index in [4.69, 9.17) is 4.74 Å². The van der Waals surface area contributed by atoms with Crippen LogP contribution >= 0.6 is 0 Å². The number of rotatable bonds is 5. The molecule has 3 aromatic rings. The second-order valence-electron chi connectivity index (χ2n) is 6.98. The molecule has 0 aliphatic carbocycles. The van der Waals surface area contributed by atoms with Crippen LogP contribution in [0.3, 0.4) is 0 Å². The Kier molecular flexibility index (Phi) is 4.77. The van der Waals surface area contributed by atoms with E-state index in [2.05, 4.69) is 27.2 Å². The summed E-state index contributed by atoms with van der Waals surface area (Å²) in [5.41, 5.74) is 6.44. The predicted octanol–water partition coefficient (Wildman–Crippen LogP) is 3.85. The number of Topliss-reactive ketones (excluding diaryl/α,β-unsaturated/α-hetero) is 1. The number of ether oxygens (including phenoxy) is 1. The molecule has 0 saturated carbocycles. The first-order valence-electron chi connectivity index (χ1n) is 9.17. The van der Waals surface area contributed by atoms with Gasteiger partial charge in [-0.3, -0.25) is 14.8 Å². The smallest absolute Gasteiger partial charge is 0.159 e. The number of aromatic amines is 1. The summed E-state index contributed by atoms with van der Waals surface area (Å²) in [6, 6.07) is 15.9. The fourth-order valence-corrected chi connectivity index (χ4v) is 3.64. The predicted molar refractivity (Wildman–Crippen MR) is 105 cm³/mol. The van der Waals surface area contributed by atoms with Gasteiger partial charge in [-0.15, -0.1) is 0 Å². The highest BCUT2D eigenvalue weighted by atomic mass is 16.5. The Morgan fingerprint density at radius 2 is 2.07 bits per heavy atom. The van der Waals surface area contributed by atoms with E-state index in [0.717, 1.165) is 54.2 Å². The van der Waals surface area contributed by atoms with Gasteiger partial charge in [0, 0.05) is 48.4 Å². The van der Waals surface area contributed by atoms with E-state index >= 15 is 0 Å². The van der Waals surface area contributed by atoms with Crippen molar-refractivity contribution < 1.29 is 9.53 Å². The zero-order valence-electron chi connectivity index (χ0n) is 15.7. The summed E-state index contributed by atoms with van der Waals surface area (Å²) in [5, 5.41) is 7.78. The number of nitrogens with zero attached hydrogens (tertiary/aromatic N) is 2. The van der Waals surface area contributed by atoms with Gasteiger partial charge in [0.25, 0.3) is 0 Å². The Balaban J connectivity index is 1.57. The van der Waals surface area contributed by atoms with Crippen molar-refractivity contribution in [2.75, 3.05) is 13.7 Å². The summed E-state index contributed by atoms with van der Waals surface area (Å²) in [6.45, 7) is 4.24. The largest absolute Gasteiger partial charge is 0.497 e. The molecule has 1 N–H and O–H groups in total. The molecule has 138 valence electrons. The van der Waals surface area contributed by atoms with Crippen LogP contribution in [0.5, 0.6) is 5.75 Å². The first kappa shape index (κ1) is 17.5. The molecule has 0 amide bonds. The van der Waals surface area contributed by atoms with E-state index in [1.54, 1.807) is 14.0 Å². The molecule has 5 nitrogen and oxygen atoms in total. The number of aromatic nitrogens is 2. The monoisotopic (exact) mass is 361 g/mol. The van der Waals surface area contributed by atoms with Crippen LogP contribution in [-0.2, 0) is 19.5 Å². The lowest BCUT2D eigenvalue weighted by molar-refractivity contribution is 0.101. The van der Waals surface area contributed by atoms with Crippen LogP contribution in [0.15, 0.2) is 48.5 Å². The summed E-state index contributed by atoms with van der Waals surface area (Å²) >= 11 is 0. The van der Waals surface area contributed by atoms with Crippen molar-refractivity contribution >= 4 is 5.78 Å². The molecule has 0 unspecified atom stereocenters. The van der Waals surface area contributed by atoms with Crippen LogP contribution in [0.1, 0.15) is 34.1 Å². The molecule has 1 aromatic heterocycles. The Morgan fingerprint density at radius 1 is 1.22 bits per heavy atom. The number of methoxy groups -OCH3 is 1. The minimum Gasteiger partial charge on any atom is -0.497 e. The van der Waals surface area contributed by atoms with Gasteiger partial charge in [0.15, 0.2) is 5.78 Å². The maximum atomic E-state index is 11.6. The maximum absolute atomic E-state index is 11.6. The molecular formula is C22H23N3O2. The number of carbonyl (C=O) groups is 1. The average Bonchev–Trinajstić information content (AvgIpc) is 3.11. The van der Waals surface area contributed by atoms with Gasteiger partial charge in [0.2, 0.25) is 0 Å². The van der Waals surface area contributed by atoms with Crippen LogP contribution in [-0.4, -0.2) is 34.5 Å². The molecule has 5 heteroatoms. The van der Waals surface area contributed by atoms with E-state index in [1.165, 1.54) is 11.3 Å². The van der Waals surface area contributed by atoms with E-state index in [-0.39, 0.29) is 5.78 Å². The summed E-state index contributed by atoms with van der Waals surface area (Å²) in [7, 11) is 1.68. The first-order valence-corrected chi connectivity index (χ1v) is 9.17. The summed E-state index contributed by atoms with van der Waals surface area (Å²) in [4.78, 5) is 14.0. The topological polar surface area (TPSA) is 58.2 Å². The minimum absolute atomic E-state index is 0.105. The normalized spacial score (nSPS) is 14.0. The summed E-state index contributed by atoms with van der Waals surface area (Å²) in [6.07, 6.45) is 0.943. The third-order valence-electron chi connectivity index (χ3n) is 5.10. The molecule has 0 fully saturated rings. The summed E-state index contributed by atoms with van der Waals surface area (Å²) in [5.74, 6) is 0.936. The van der Waals surface area contributed by atoms with Gasteiger partial charge in [-0.05, 0) is 30.7 Å². The second kappa shape index (κ2) is 7.37. The lowest BCUT2D eigenvalue weighted by Crippen LogP contribution is -2.30. The Labute approximate surface area is 159 Å². The van der Waals surface area contributed by atoms with Gasteiger partial charge in [0.1, 0.15) is 5.75 Å². The van der Waals surface area contributed by atoms with Crippen molar-refractivity contribution in [3.63, 3.8) is 0 Å². The fourth-order valence-electron chi connectivity index (χ4n) is 3.64. The quantitative estimate of drug-likeness (QED) is 0.702. The zero-order valence-corrected chi connectivity index (χ0v) is 15.7. The highest BCUT2D eigenvalue weighted by Gasteiger charge is 2.23. The van der Waals surface area contributed by atoms with Crippen molar-refractivity contribution in [1.29, 1.82) is 0 Å². The van der Waals surface area contributed by atoms with Gasteiger partial charge in [-0.1, -0.05) is 30.3 Å². The van der Waals surface area contributed by atoms with Gasteiger partial charge in [0.05, 0.1) is 12.8 Å².